The molecule has 1 aromatic heterocycles. The maximum Gasteiger partial charge on any atom is 0.326 e. The van der Waals surface area contributed by atoms with Gasteiger partial charge in [0.25, 0.3) is 5.91 Å². The zero-order valence-corrected chi connectivity index (χ0v) is 12.7. The van der Waals surface area contributed by atoms with E-state index in [1.54, 1.807) is 24.3 Å². The number of aliphatic carboxylic acids is 1. The van der Waals surface area contributed by atoms with E-state index in [-0.39, 0.29) is 5.56 Å². The average molecular weight is 322 g/mol. The van der Waals surface area contributed by atoms with Crippen LogP contribution in [0, 0.1) is 0 Å². The number of carbonyl (C=O) groups excluding carboxylic acids is 1. The van der Waals surface area contributed by atoms with Crippen LogP contribution in [0.2, 0.25) is 5.02 Å². The van der Waals surface area contributed by atoms with E-state index in [4.69, 9.17) is 16.7 Å². The molecule has 0 spiro atoms. The summed E-state index contributed by atoms with van der Waals surface area (Å²) >= 11 is 6.12. The molecule has 1 amide bonds. The van der Waals surface area contributed by atoms with Crippen molar-refractivity contribution in [1.82, 2.24) is 15.5 Å². The van der Waals surface area contributed by atoms with Crippen LogP contribution in [0.15, 0.2) is 30.5 Å². The summed E-state index contributed by atoms with van der Waals surface area (Å²) in [4.78, 5) is 23.5. The second kappa shape index (κ2) is 7.09. The number of hydrogen-bond donors (Lipinski definition) is 3. The Balaban J connectivity index is 2.27. The monoisotopic (exact) mass is 321 g/mol. The van der Waals surface area contributed by atoms with Gasteiger partial charge in [-0.1, -0.05) is 43.1 Å². The van der Waals surface area contributed by atoms with Crippen molar-refractivity contribution in [3.63, 3.8) is 0 Å². The van der Waals surface area contributed by atoms with Crippen LogP contribution in [0.25, 0.3) is 11.3 Å². The normalized spacial score (nSPS) is 11.9. The lowest BCUT2D eigenvalue weighted by Crippen LogP contribution is -2.40. The number of H-pyrrole nitrogens is 1. The minimum absolute atomic E-state index is 0.260. The number of carbonyl (C=O) groups is 2. The predicted molar refractivity (Wildman–Crippen MR) is 82.8 cm³/mol. The molecular weight excluding hydrogens is 306 g/mol. The number of carboxylic acids is 1. The molecule has 1 atom stereocenters. The van der Waals surface area contributed by atoms with E-state index in [0.29, 0.717) is 29.1 Å². The highest BCUT2D eigenvalue weighted by atomic mass is 35.5. The molecule has 2 rings (SSSR count). The molecule has 1 aromatic carbocycles. The van der Waals surface area contributed by atoms with Crippen LogP contribution >= 0.6 is 11.6 Å². The van der Waals surface area contributed by atoms with Crippen molar-refractivity contribution >= 4 is 23.5 Å². The number of amides is 1. The number of nitrogens with zero attached hydrogens (tertiary/aromatic N) is 1. The summed E-state index contributed by atoms with van der Waals surface area (Å²) in [6.07, 6.45) is 2.37. The number of nitrogens with one attached hydrogen (secondary N) is 2. The first kappa shape index (κ1) is 16.0. The Morgan fingerprint density at radius 3 is 2.77 bits per heavy atom. The molecule has 1 heterocycles. The molecule has 0 aliphatic rings. The van der Waals surface area contributed by atoms with Gasteiger partial charge in [-0.25, -0.2) is 4.79 Å². The third kappa shape index (κ3) is 3.46. The van der Waals surface area contributed by atoms with E-state index in [9.17, 15) is 9.59 Å². The lowest BCUT2D eigenvalue weighted by molar-refractivity contribution is -0.139. The molecule has 22 heavy (non-hydrogen) atoms. The van der Waals surface area contributed by atoms with Gasteiger partial charge in [-0.15, -0.1) is 0 Å². The largest absolute Gasteiger partial charge is 0.480 e. The third-order valence-electron chi connectivity index (χ3n) is 3.21. The summed E-state index contributed by atoms with van der Waals surface area (Å²) in [5.41, 5.74) is 1.35. The van der Waals surface area contributed by atoms with Crippen molar-refractivity contribution in [2.75, 3.05) is 0 Å². The maximum atomic E-state index is 12.3. The van der Waals surface area contributed by atoms with Gasteiger partial charge in [0.05, 0.1) is 17.5 Å². The van der Waals surface area contributed by atoms with Crippen LogP contribution < -0.4 is 5.32 Å². The lowest BCUT2D eigenvalue weighted by atomic mass is 10.1. The zero-order chi connectivity index (χ0) is 16.1. The minimum atomic E-state index is -1.06. The maximum absolute atomic E-state index is 12.3. The van der Waals surface area contributed by atoms with Crippen molar-refractivity contribution in [2.24, 2.45) is 0 Å². The molecule has 0 aliphatic heterocycles. The Hall–Kier alpha value is -2.34. The number of halogens is 1. The number of rotatable bonds is 6. The molecule has 0 bridgehead atoms. The van der Waals surface area contributed by atoms with Gasteiger partial charge in [-0.3, -0.25) is 9.89 Å². The highest BCUT2D eigenvalue weighted by Gasteiger charge is 2.23. The fourth-order valence-corrected chi connectivity index (χ4v) is 2.34. The second-order valence-electron chi connectivity index (χ2n) is 4.79. The quantitative estimate of drug-likeness (QED) is 0.762. The average Bonchev–Trinajstić information content (AvgIpc) is 2.96. The Morgan fingerprint density at radius 2 is 2.14 bits per heavy atom. The molecule has 116 valence electrons. The summed E-state index contributed by atoms with van der Waals surface area (Å²) in [7, 11) is 0. The smallest absolute Gasteiger partial charge is 0.326 e. The SMILES string of the molecule is CCCC(NC(=O)c1cn[nH]c1-c1ccccc1Cl)C(=O)O. The van der Waals surface area contributed by atoms with Crippen molar-refractivity contribution in [3.05, 3.63) is 41.0 Å². The van der Waals surface area contributed by atoms with E-state index in [1.807, 2.05) is 6.92 Å². The number of aromatic amines is 1. The standard InChI is InChI=1S/C15H16ClN3O3/c1-2-5-12(15(21)22)18-14(20)10-8-17-19-13(10)9-6-3-4-7-11(9)16/h3-4,6-8,12H,2,5H2,1H3,(H,17,19)(H,18,20)(H,21,22). The Morgan fingerprint density at radius 1 is 1.41 bits per heavy atom. The third-order valence-corrected chi connectivity index (χ3v) is 3.54. The molecule has 0 saturated carbocycles. The van der Waals surface area contributed by atoms with E-state index >= 15 is 0 Å². The van der Waals surface area contributed by atoms with Crippen molar-refractivity contribution in [3.8, 4) is 11.3 Å². The van der Waals surface area contributed by atoms with Crippen LogP contribution in [0.5, 0.6) is 0 Å². The first-order valence-electron chi connectivity index (χ1n) is 6.86. The van der Waals surface area contributed by atoms with E-state index in [1.165, 1.54) is 6.20 Å². The number of carboxylic acid groups (broad SMARTS) is 1. The molecule has 0 aliphatic carbocycles. The van der Waals surface area contributed by atoms with Gasteiger partial charge in [0, 0.05) is 10.6 Å². The van der Waals surface area contributed by atoms with Crippen LogP contribution in [-0.4, -0.2) is 33.2 Å². The summed E-state index contributed by atoms with van der Waals surface area (Å²) in [5, 5.41) is 18.7. The number of hydrogen-bond acceptors (Lipinski definition) is 3. The second-order valence-corrected chi connectivity index (χ2v) is 5.20. The summed E-state index contributed by atoms with van der Waals surface area (Å²) in [5.74, 6) is -1.55. The molecule has 1 unspecified atom stereocenters. The molecule has 6 nitrogen and oxygen atoms in total. The first-order chi connectivity index (χ1) is 10.5. The Bertz CT molecular complexity index is 684. The molecule has 7 heteroatoms. The molecule has 0 radical (unpaired) electrons. The van der Waals surface area contributed by atoms with Gasteiger partial charge >= 0.3 is 5.97 Å². The van der Waals surface area contributed by atoms with Gasteiger partial charge in [0.15, 0.2) is 0 Å². The lowest BCUT2D eigenvalue weighted by Gasteiger charge is -2.13. The van der Waals surface area contributed by atoms with E-state index in [0.717, 1.165) is 0 Å². The van der Waals surface area contributed by atoms with Crippen LogP contribution in [0.3, 0.4) is 0 Å². The van der Waals surface area contributed by atoms with Gasteiger partial charge in [0.2, 0.25) is 0 Å². The van der Waals surface area contributed by atoms with Crippen molar-refractivity contribution in [2.45, 2.75) is 25.8 Å². The van der Waals surface area contributed by atoms with Crippen LogP contribution in [-0.2, 0) is 4.79 Å². The zero-order valence-electron chi connectivity index (χ0n) is 12.0. The number of benzene rings is 1. The highest BCUT2D eigenvalue weighted by Crippen LogP contribution is 2.28. The Kier molecular flexibility index (Phi) is 5.16. The molecule has 3 N–H and O–H groups in total. The summed E-state index contributed by atoms with van der Waals surface area (Å²) < 4.78 is 0. The van der Waals surface area contributed by atoms with Crippen LogP contribution in [0.4, 0.5) is 0 Å². The summed E-state index contributed by atoms with van der Waals surface area (Å²) in [6.45, 7) is 1.86. The first-order valence-corrected chi connectivity index (χ1v) is 7.24. The molecular formula is C15H16ClN3O3. The van der Waals surface area contributed by atoms with Crippen molar-refractivity contribution < 1.29 is 14.7 Å². The topological polar surface area (TPSA) is 95.1 Å². The van der Waals surface area contributed by atoms with Gasteiger partial charge in [0.1, 0.15) is 6.04 Å². The minimum Gasteiger partial charge on any atom is -0.480 e. The van der Waals surface area contributed by atoms with Gasteiger partial charge in [-0.2, -0.15) is 5.10 Å². The highest BCUT2D eigenvalue weighted by molar-refractivity contribution is 6.33. The number of aromatic nitrogens is 2. The van der Waals surface area contributed by atoms with Crippen LogP contribution in [0.1, 0.15) is 30.1 Å². The molecule has 2 aromatic rings. The van der Waals surface area contributed by atoms with E-state index < -0.39 is 17.9 Å². The molecule has 0 saturated heterocycles. The summed E-state index contributed by atoms with van der Waals surface area (Å²) in [6, 6.07) is 6.11. The van der Waals surface area contributed by atoms with Gasteiger partial charge in [-0.05, 0) is 12.5 Å². The Labute approximate surface area is 132 Å². The fraction of sp³-hybridized carbons (Fsp3) is 0.267. The predicted octanol–water partition coefficient (Wildman–Crippen LogP) is 2.71. The van der Waals surface area contributed by atoms with Crippen molar-refractivity contribution in [1.29, 1.82) is 0 Å². The fourth-order valence-electron chi connectivity index (χ4n) is 2.11. The molecule has 0 fully saturated rings. The van der Waals surface area contributed by atoms with E-state index in [2.05, 4.69) is 15.5 Å². The van der Waals surface area contributed by atoms with Gasteiger partial charge < -0.3 is 10.4 Å².